The first kappa shape index (κ1) is 21.0. The largest absolute Gasteiger partial charge is 0.340 e. The number of carbonyl (C=O) groups excluding carboxylic acids is 1. The molecule has 1 aromatic heterocycles. The fourth-order valence-corrected chi connectivity index (χ4v) is 5.00. The van der Waals surface area contributed by atoms with E-state index in [0.717, 1.165) is 21.4 Å². The molecule has 0 radical (unpaired) electrons. The van der Waals surface area contributed by atoms with Crippen LogP contribution >= 0.6 is 15.9 Å². The van der Waals surface area contributed by atoms with E-state index in [0.29, 0.717) is 44.0 Å². The number of rotatable bonds is 5. The fraction of sp³-hybridized carbons (Fsp3) is 0.474. The predicted octanol–water partition coefficient (Wildman–Crippen LogP) is 2.49. The van der Waals surface area contributed by atoms with E-state index in [1.165, 1.54) is 4.31 Å². The van der Waals surface area contributed by atoms with Crippen molar-refractivity contribution < 1.29 is 13.2 Å². The van der Waals surface area contributed by atoms with Crippen LogP contribution in [0.2, 0.25) is 0 Å². The maximum atomic E-state index is 12.8. The number of nitrogens with zero attached hydrogens (tertiary/aromatic N) is 4. The minimum atomic E-state index is -3.51. The van der Waals surface area contributed by atoms with E-state index in [1.807, 2.05) is 25.5 Å². The highest BCUT2D eigenvalue weighted by Gasteiger charge is 2.30. The molecule has 0 unspecified atom stereocenters. The van der Waals surface area contributed by atoms with Gasteiger partial charge in [0.2, 0.25) is 15.9 Å². The van der Waals surface area contributed by atoms with Crippen molar-refractivity contribution in [3.63, 3.8) is 0 Å². The highest BCUT2D eigenvalue weighted by atomic mass is 79.9. The van der Waals surface area contributed by atoms with E-state index in [4.69, 9.17) is 0 Å². The molecular weight excluding hydrogens is 444 g/mol. The smallest absolute Gasteiger partial charge is 0.243 e. The minimum absolute atomic E-state index is 0.0241. The van der Waals surface area contributed by atoms with Crippen molar-refractivity contribution in [3.05, 3.63) is 45.7 Å². The lowest BCUT2D eigenvalue weighted by Gasteiger charge is -2.34. The molecule has 9 heteroatoms. The summed E-state index contributed by atoms with van der Waals surface area (Å²) < 4.78 is 29.8. The van der Waals surface area contributed by atoms with Gasteiger partial charge in [0.15, 0.2) is 0 Å². The molecule has 3 rings (SSSR count). The molecule has 2 aromatic rings. The van der Waals surface area contributed by atoms with Crippen LogP contribution in [0.15, 0.2) is 33.6 Å². The van der Waals surface area contributed by atoms with Crippen LogP contribution in [0, 0.1) is 20.8 Å². The predicted molar refractivity (Wildman–Crippen MR) is 111 cm³/mol. The van der Waals surface area contributed by atoms with Gasteiger partial charge in [-0.25, -0.2) is 8.42 Å². The quantitative estimate of drug-likeness (QED) is 0.675. The Labute approximate surface area is 174 Å². The SMILES string of the molecule is Cc1ccc(S(=O)(=O)N2CCN(C(=O)CCn3nc(C)c(Br)c3C)CC2)cc1. The first-order valence-corrected chi connectivity index (χ1v) is 11.5. The maximum absolute atomic E-state index is 12.8. The molecule has 2 heterocycles. The van der Waals surface area contributed by atoms with Gasteiger partial charge in [0.25, 0.3) is 0 Å². The molecule has 1 amide bonds. The molecule has 0 bridgehead atoms. The van der Waals surface area contributed by atoms with Gasteiger partial charge >= 0.3 is 0 Å². The van der Waals surface area contributed by atoms with Gasteiger partial charge < -0.3 is 4.90 Å². The highest BCUT2D eigenvalue weighted by Crippen LogP contribution is 2.21. The summed E-state index contributed by atoms with van der Waals surface area (Å²) in [7, 11) is -3.51. The van der Waals surface area contributed by atoms with Crippen LogP contribution in [-0.2, 0) is 21.4 Å². The van der Waals surface area contributed by atoms with Crippen molar-refractivity contribution in [1.82, 2.24) is 19.0 Å². The normalized spacial score (nSPS) is 15.8. The van der Waals surface area contributed by atoms with Crippen LogP contribution in [-0.4, -0.2) is 59.5 Å². The Kier molecular flexibility index (Phi) is 6.26. The summed E-state index contributed by atoms with van der Waals surface area (Å²) in [5, 5.41) is 4.42. The zero-order valence-electron chi connectivity index (χ0n) is 16.4. The third-order valence-electron chi connectivity index (χ3n) is 5.08. The van der Waals surface area contributed by atoms with Crippen LogP contribution in [0.5, 0.6) is 0 Å². The van der Waals surface area contributed by atoms with Gasteiger partial charge in [-0.3, -0.25) is 9.48 Å². The summed E-state index contributed by atoms with van der Waals surface area (Å²) in [6.07, 6.45) is 0.346. The highest BCUT2D eigenvalue weighted by molar-refractivity contribution is 9.10. The number of piperazine rings is 1. The fourth-order valence-electron chi connectivity index (χ4n) is 3.29. The summed E-state index contributed by atoms with van der Waals surface area (Å²) >= 11 is 3.49. The number of aryl methyl sites for hydroxylation is 3. The number of amides is 1. The summed E-state index contributed by atoms with van der Waals surface area (Å²) in [5.74, 6) is 0.0241. The number of halogens is 1. The van der Waals surface area contributed by atoms with Crippen LogP contribution in [0.4, 0.5) is 0 Å². The van der Waals surface area contributed by atoms with Crippen molar-refractivity contribution in [1.29, 1.82) is 0 Å². The molecule has 152 valence electrons. The Hall–Kier alpha value is -1.71. The van der Waals surface area contributed by atoms with E-state index in [9.17, 15) is 13.2 Å². The molecule has 0 saturated carbocycles. The van der Waals surface area contributed by atoms with E-state index in [-0.39, 0.29) is 5.91 Å². The van der Waals surface area contributed by atoms with Crippen molar-refractivity contribution in [3.8, 4) is 0 Å². The molecule has 1 aliphatic rings. The van der Waals surface area contributed by atoms with E-state index in [1.54, 1.807) is 29.2 Å². The third-order valence-corrected chi connectivity index (χ3v) is 8.14. The van der Waals surface area contributed by atoms with Crippen LogP contribution in [0.25, 0.3) is 0 Å². The van der Waals surface area contributed by atoms with Gasteiger partial charge in [0.05, 0.1) is 21.6 Å². The van der Waals surface area contributed by atoms with E-state index >= 15 is 0 Å². The van der Waals surface area contributed by atoms with Gasteiger partial charge in [-0.05, 0) is 48.8 Å². The average molecular weight is 469 g/mol. The van der Waals surface area contributed by atoms with Crippen molar-refractivity contribution in [2.75, 3.05) is 26.2 Å². The minimum Gasteiger partial charge on any atom is -0.340 e. The molecular formula is C19H25BrN4O3S. The van der Waals surface area contributed by atoms with E-state index < -0.39 is 10.0 Å². The lowest BCUT2D eigenvalue weighted by Crippen LogP contribution is -2.50. The van der Waals surface area contributed by atoms with Gasteiger partial charge in [-0.15, -0.1) is 0 Å². The number of aromatic nitrogens is 2. The number of carbonyl (C=O) groups is 1. The Morgan fingerprint density at radius 3 is 2.21 bits per heavy atom. The monoisotopic (exact) mass is 468 g/mol. The molecule has 0 N–H and O–H groups in total. The topological polar surface area (TPSA) is 75.5 Å². The third kappa shape index (κ3) is 4.31. The molecule has 0 atom stereocenters. The standard InChI is InChI=1S/C19H25BrN4O3S/c1-14-4-6-17(7-5-14)28(26,27)23-12-10-22(11-13-23)18(25)8-9-24-16(3)19(20)15(2)21-24/h4-7H,8-13H2,1-3H3. The Bertz CT molecular complexity index is 962. The van der Waals surface area contributed by atoms with Crippen molar-refractivity contribution in [2.24, 2.45) is 0 Å². The first-order valence-electron chi connectivity index (χ1n) is 9.24. The molecule has 28 heavy (non-hydrogen) atoms. The van der Waals surface area contributed by atoms with Gasteiger partial charge in [0, 0.05) is 38.3 Å². The molecule has 0 spiro atoms. The maximum Gasteiger partial charge on any atom is 0.243 e. The molecule has 1 aromatic carbocycles. The summed E-state index contributed by atoms with van der Waals surface area (Å²) in [6.45, 7) is 7.76. The molecule has 1 saturated heterocycles. The second-order valence-corrected chi connectivity index (χ2v) is 9.79. The number of hydrogen-bond acceptors (Lipinski definition) is 4. The molecule has 7 nitrogen and oxygen atoms in total. The Balaban J connectivity index is 1.56. The van der Waals surface area contributed by atoms with Crippen LogP contribution in [0.1, 0.15) is 23.4 Å². The molecule has 1 fully saturated rings. The lowest BCUT2D eigenvalue weighted by molar-refractivity contribution is -0.132. The second-order valence-electron chi connectivity index (χ2n) is 7.06. The number of benzene rings is 1. The second kappa shape index (κ2) is 8.34. The van der Waals surface area contributed by atoms with Crippen molar-refractivity contribution in [2.45, 2.75) is 38.6 Å². The van der Waals surface area contributed by atoms with Gasteiger partial charge in [-0.2, -0.15) is 9.40 Å². The number of sulfonamides is 1. The zero-order valence-corrected chi connectivity index (χ0v) is 18.8. The Morgan fingerprint density at radius 1 is 1.07 bits per heavy atom. The van der Waals surface area contributed by atoms with Gasteiger partial charge in [-0.1, -0.05) is 17.7 Å². The number of hydrogen-bond donors (Lipinski definition) is 0. The van der Waals surface area contributed by atoms with Gasteiger partial charge in [0.1, 0.15) is 0 Å². The Morgan fingerprint density at radius 2 is 1.68 bits per heavy atom. The summed E-state index contributed by atoms with van der Waals surface area (Å²) in [5.41, 5.74) is 2.92. The molecule has 0 aliphatic carbocycles. The van der Waals surface area contributed by atoms with Crippen LogP contribution < -0.4 is 0 Å². The van der Waals surface area contributed by atoms with E-state index in [2.05, 4.69) is 21.0 Å². The zero-order chi connectivity index (χ0) is 20.5. The van der Waals surface area contributed by atoms with Crippen LogP contribution in [0.3, 0.4) is 0 Å². The van der Waals surface area contributed by atoms with Crippen molar-refractivity contribution >= 4 is 31.9 Å². The summed E-state index contributed by atoms with van der Waals surface area (Å²) in [6, 6.07) is 6.86. The molecule has 1 aliphatic heterocycles. The lowest BCUT2D eigenvalue weighted by atomic mass is 10.2. The first-order chi connectivity index (χ1) is 13.2. The summed E-state index contributed by atoms with van der Waals surface area (Å²) in [4.78, 5) is 14.6. The average Bonchev–Trinajstić information content (AvgIpc) is 2.93.